The highest BCUT2D eigenvalue weighted by atomic mass is 16.6. The third-order valence-corrected chi connectivity index (χ3v) is 3.21. The summed E-state index contributed by atoms with van der Waals surface area (Å²) in [5.74, 6) is 3.91. The summed E-state index contributed by atoms with van der Waals surface area (Å²) in [7, 11) is 0. The van der Waals surface area contributed by atoms with Crippen LogP contribution in [0.2, 0.25) is 0 Å². The molecule has 1 heterocycles. The number of rotatable bonds is 3. The average molecular weight is 223 g/mol. The average Bonchev–Trinajstić information content (AvgIpc) is 2.29. The first-order valence-electron chi connectivity index (χ1n) is 6.00. The number of carbonyl (C=O) groups excluding carboxylic acids is 1. The van der Waals surface area contributed by atoms with E-state index in [1.807, 2.05) is 0 Å². The van der Waals surface area contributed by atoms with Crippen molar-refractivity contribution in [1.29, 1.82) is 0 Å². The van der Waals surface area contributed by atoms with Crippen LogP contribution in [0, 0.1) is 24.2 Å². The van der Waals surface area contributed by atoms with Crippen molar-refractivity contribution in [1.82, 2.24) is 4.90 Å². The number of piperidine rings is 1. The van der Waals surface area contributed by atoms with Gasteiger partial charge in [-0.25, -0.2) is 4.79 Å². The van der Waals surface area contributed by atoms with Gasteiger partial charge in [0.2, 0.25) is 0 Å². The van der Waals surface area contributed by atoms with Crippen molar-refractivity contribution in [2.45, 2.75) is 33.1 Å². The van der Waals surface area contributed by atoms with Crippen molar-refractivity contribution in [3.05, 3.63) is 0 Å². The number of terminal acetylenes is 1. The topological polar surface area (TPSA) is 29.5 Å². The highest BCUT2D eigenvalue weighted by Gasteiger charge is 2.25. The van der Waals surface area contributed by atoms with E-state index >= 15 is 0 Å². The molecule has 0 aliphatic carbocycles. The predicted molar refractivity (Wildman–Crippen MR) is 63.9 cm³/mol. The lowest BCUT2D eigenvalue weighted by molar-refractivity contribution is 0.0843. The van der Waals surface area contributed by atoms with Gasteiger partial charge in [-0.2, -0.15) is 0 Å². The maximum Gasteiger partial charge on any atom is 0.409 e. The van der Waals surface area contributed by atoms with Gasteiger partial charge >= 0.3 is 6.09 Å². The number of nitrogens with zero attached hydrogens (tertiary/aromatic N) is 1. The van der Waals surface area contributed by atoms with E-state index in [1.54, 1.807) is 4.90 Å². The van der Waals surface area contributed by atoms with Crippen LogP contribution in [0.4, 0.5) is 4.79 Å². The molecular weight excluding hydrogens is 202 g/mol. The van der Waals surface area contributed by atoms with E-state index in [1.165, 1.54) is 0 Å². The van der Waals surface area contributed by atoms with E-state index < -0.39 is 0 Å². The zero-order valence-electron chi connectivity index (χ0n) is 10.2. The lowest BCUT2D eigenvalue weighted by Crippen LogP contribution is -2.39. The monoisotopic (exact) mass is 223 g/mol. The molecule has 0 bridgehead atoms. The normalized spacial score (nSPS) is 17.2. The molecule has 0 aromatic rings. The maximum atomic E-state index is 11.6. The first kappa shape index (κ1) is 12.9. The Kier molecular flexibility index (Phi) is 5.18. The first-order valence-corrected chi connectivity index (χ1v) is 6.00. The number of amides is 1. The van der Waals surface area contributed by atoms with Crippen LogP contribution in [0.3, 0.4) is 0 Å². The zero-order chi connectivity index (χ0) is 12.0. The van der Waals surface area contributed by atoms with E-state index in [4.69, 9.17) is 11.2 Å². The molecule has 0 spiro atoms. The Bertz CT molecular complexity index is 260. The fraction of sp³-hybridized carbons (Fsp3) is 0.769. The van der Waals surface area contributed by atoms with E-state index in [2.05, 4.69) is 19.8 Å². The molecule has 1 rings (SSSR count). The molecule has 90 valence electrons. The Balaban J connectivity index is 2.25. The van der Waals surface area contributed by atoms with Gasteiger partial charge in [-0.1, -0.05) is 13.8 Å². The van der Waals surface area contributed by atoms with Crippen LogP contribution >= 0.6 is 0 Å². The fourth-order valence-electron chi connectivity index (χ4n) is 2.04. The first-order chi connectivity index (χ1) is 7.65. The van der Waals surface area contributed by atoms with Crippen LogP contribution in [0.1, 0.15) is 33.1 Å². The summed E-state index contributed by atoms with van der Waals surface area (Å²) in [5, 5.41) is 0. The molecular formula is C13H21NO2. The second kappa shape index (κ2) is 6.42. The van der Waals surface area contributed by atoms with Gasteiger partial charge < -0.3 is 9.64 Å². The summed E-state index contributed by atoms with van der Waals surface area (Å²) >= 11 is 0. The Morgan fingerprint density at radius 1 is 1.50 bits per heavy atom. The van der Waals surface area contributed by atoms with Crippen LogP contribution in [-0.4, -0.2) is 30.7 Å². The molecule has 0 aromatic carbocycles. The summed E-state index contributed by atoms with van der Waals surface area (Å²) in [6.45, 7) is 6.45. The van der Waals surface area contributed by atoms with Crippen molar-refractivity contribution in [3.8, 4) is 12.3 Å². The van der Waals surface area contributed by atoms with Gasteiger partial charge in [-0.15, -0.1) is 12.3 Å². The molecule has 1 amide bonds. The molecule has 0 unspecified atom stereocenters. The van der Waals surface area contributed by atoms with Crippen molar-refractivity contribution in [3.63, 3.8) is 0 Å². The van der Waals surface area contributed by atoms with E-state index in [9.17, 15) is 4.79 Å². The molecule has 16 heavy (non-hydrogen) atoms. The summed E-state index contributed by atoms with van der Waals surface area (Å²) in [6.07, 6.45) is 7.54. The van der Waals surface area contributed by atoms with Gasteiger partial charge in [0.15, 0.2) is 0 Å². The SMILES string of the molecule is C#CCCOC(=O)N1CCC(C(C)C)CC1. The molecule has 1 aliphatic heterocycles. The summed E-state index contributed by atoms with van der Waals surface area (Å²) in [4.78, 5) is 13.4. The molecule has 3 heteroatoms. The van der Waals surface area contributed by atoms with Gasteiger partial charge in [0.05, 0.1) is 0 Å². The molecule has 1 fully saturated rings. The summed E-state index contributed by atoms with van der Waals surface area (Å²) in [5.41, 5.74) is 0. The second-order valence-corrected chi connectivity index (χ2v) is 4.64. The van der Waals surface area contributed by atoms with Crippen molar-refractivity contribution < 1.29 is 9.53 Å². The van der Waals surface area contributed by atoms with Crippen LogP contribution in [-0.2, 0) is 4.74 Å². The fourth-order valence-corrected chi connectivity index (χ4v) is 2.04. The Hall–Kier alpha value is -1.17. The molecule has 0 radical (unpaired) electrons. The number of carbonyl (C=O) groups is 1. The number of ether oxygens (including phenoxy) is 1. The van der Waals surface area contributed by atoms with Gasteiger partial charge in [-0.05, 0) is 24.7 Å². The minimum Gasteiger partial charge on any atom is -0.448 e. The molecule has 1 saturated heterocycles. The largest absolute Gasteiger partial charge is 0.448 e. The highest BCUT2D eigenvalue weighted by Crippen LogP contribution is 2.24. The van der Waals surface area contributed by atoms with E-state index in [-0.39, 0.29) is 6.09 Å². The van der Waals surface area contributed by atoms with Gasteiger partial charge in [0, 0.05) is 19.5 Å². The quantitative estimate of drug-likeness (QED) is 0.543. The minimum atomic E-state index is -0.211. The summed E-state index contributed by atoms with van der Waals surface area (Å²) < 4.78 is 5.06. The maximum absolute atomic E-state index is 11.6. The smallest absolute Gasteiger partial charge is 0.409 e. The zero-order valence-corrected chi connectivity index (χ0v) is 10.2. The van der Waals surface area contributed by atoms with Crippen LogP contribution in [0.5, 0.6) is 0 Å². The van der Waals surface area contributed by atoms with Gasteiger partial charge in [-0.3, -0.25) is 0 Å². The van der Waals surface area contributed by atoms with E-state index in [0.717, 1.165) is 31.8 Å². The van der Waals surface area contributed by atoms with E-state index in [0.29, 0.717) is 18.9 Å². The minimum absolute atomic E-state index is 0.211. The molecule has 0 aromatic heterocycles. The molecule has 0 saturated carbocycles. The lowest BCUT2D eigenvalue weighted by atomic mass is 9.87. The Labute approximate surface area is 98.1 Å². The predicted octanol–water partition coefficient (Wildman–Crippen LogP) is 2.51. The van der Waals surface area contributed by atoms with Crippen molar-refractivity contribution >= 4 is 6.09 Å². The lowest BCUT2D eigenvalue weighted by Gasteiger charge is -2.33. The van der Waals surface area contributed by atoms with Crippen LogP contribution in [0.15, 0.2) is 0 Å². The number of hydrogen-bond donors (Lipinski definition) is 0. The molecule has 0 N–H and O–H groups in total. The van der Waals surface area contributed by atoms with Gasteiger partial charge in [0.25, 0.3) is 0 Å². The van der Waals surface area contributed by atoms with Gasteiger partial charge in [0.1, 0.15) is 6.61 Å². The summed E-state index contributed by atoms with van der Waals surface area (Å²) in [6, 6.07) is 0. The van der Waals surface area contributed by atoms with Crippen LogP contribution < -0.4 is 0 Å². The van der Waals surface area contributed by atoms with Crippen molar-refractivity contribution in [2.75, 3.05) is 19.7 Å². The standard InChI is InChI=1S/C13H21NO2/c1-4-5-10-16-13(15)14-8-6-12(7-9-14)11(2)3/h1,11-12H,5-10H2,2-3H3. The number of likely N-dealkylation sites (tertiary alicyclic amines) is 1. The third-order valence-electron chi connectivity index (χ3n) is 3.21. The Morgan fingerprint density at radius 3 is 2.62 bits per heavy atom. The number of hydrogen-bond acceptors (Lipinski definition) is 2. The molecule has 0 atom stereocenters. The van der Waals surface area contributed by atoms with Crippen LogP contribution in [0.25, 0.3) is 0 Å². The third kappa shape index (κ3) is 3.77. The van der Waals surface area contributed by atoms with Crippen molar-refractivity contribution in [2.24, 2.45) is 11.8 Å². The highest BCUT2D eigenvalue weighted by molar-refractivity contribution is 5.67. The second-order valence-electron chi connectivity index (χ2n) is 4.64. The molecule has 3 nitrogen and oxygen atoms in total. The molecule has 1 aliphatic rings. The Morgan fingerprint density at radius 2 is 2.12 bits per heavy atom.